The second kappa shape index (κ2) is 8.03. The molecule has 0 spiro atoms. The van der Waals surface area contributed by atoms with Gasteiger partial charge < -0.3 is 0 Å². The molecule has 0 radical (unpaired) electrons. The molecule has 0 fully saturated rings. The zero-order chi connectivity index (χ0) is 17.6. The molecule has 0 aliphatic heterocycles. The summed E-state index contributed by atoms with van der Waals surface area (Å²) in [5.74, 6) is 0. The van der Waals surface area contributed by atoms with Crippen molar-refractivity contribution in [3.63, 3.8) is 0 Å². The maximum absolute atomic E-state index is 14.5. The minimum absolute atomic E-state index is 0.560. The van der Waals surface area contributed by atoms with Crippen molar-refractivity contribution in [1.29, 1.82) is 0 Å². The summed E-state index contributed by atoms with van der Waals surface area (Å²) >= 11 is 0. The van der Waals surface area contributed by atoms with Gasteiger partial charge in [-0.15, -0.1) is 0 Å². The van der Waals surface area contributed by atoms with E-state index in [9.17, 15) is 16.8 Å². The van der Waals surface area contributed by atoms with E-state index >= 15 is 0 Å². The van der Waals surface area contributed by atoms with Crippen LogP contribution in [-0.2, 0) is 14.3 Å². The summed E-state index contributed by atoms with van der Waals surface area (Å²) < 4.78 is 56.0. The molecular weight excluding hydrogens is 372 g/mol. The van der Waals surface area contributed by atoms with E-state index in [4.69, 9.17) is 6.42 Å². The Kier molecular flexibility index (Phi) is 6.29. The maximum atomic E-state index is 14.5. The summed E-state index contributed by atoms with van der Waals surface area (Å²) in [6, 6.07) is 17.7. The fourth-order valence-electron chi connectivity index (χ4n) is 2.23. The fraction of sp³-hybridized carbons (Fsp3) is 0.125. The van der Waals surface area contributed by atoms with Gasteiger partial charge in [-0.05, 0) is 0 Å². The molecule has 0 aliphatic rings. The van der Waals surface area contributed by atoms with Crippen LogP contribution in [0.15, 0.2) is 60.7 Å². The molecule has 3 nitrogen and oxygen atoms in total. The van der Waals surface area contributed by atoms with E-state index < -0.39 is 37.1 Å². The van der Waals surface area contributed by atoms with Crippen LogP contribution in [0.5, 0.6) is 0 Å². The van der Waals surface area contributed by atoms with Crippen molar-refractivity contribution in [2.24, 2.45) is 0 Å². The van der Waals surface area contributed by atoms with Gasteiger partial charge in [0, 0.05) is 0 Å². The SMILES string of the molecule is C#COS(=O)(=O)C[PH](F)(F)PC(c1ccccc1)c1ccccc1. The zero-order valence-corrected chi connectivity index (χ0v) is 15.3. The molecule has 0 bridgehead atoms. The van der Waals surface area contributed by atoms with E-state index in [0.29, 0.717) is 0 Å². The molecule has 2 rings (SSSR count). The average molecular weight is 388 g/mol. The molecule has 0 N–H and O–H groups in total. The average Bonchev–Trinajstić information content (AvgIpc) is 2.53. The van der Waals surface area contributed by atoms with E-state index in [0.717, 1.165) is 11.1 Å². The fourth-order valence-corrected chi connectivity index (χ4v) is 10.5. The molecule has 0 heterocycles. The van der Waals surface area contributed by atoms with Gasteiger partial charge in [0.15, 0.2) is 0 Å². The number of benzene rings is 2. The first kappa shape index (κ1) is 18.8. The van der Waals surface area contributed by atoms with Crippen LogP contribution in [0.2, 0.25) is 0 Å². The number of rotatable bonds is 7. The van der Waals surface area contributed by atoms with E-state index in [1.54, 1.807) is 60.7 Å². The van der Waals surface area contributed by atoms with Gasteiger partial charge in [0.25, 0.3) is 0 Å². The quantitative estimate of drug-likeness (QED) is 0.389. The van der Waals surface area contributed by atoms with Crippen LogP contribution >= 0.6 is 15.8 Å². The summed E-state index contributed by atoms with van der Waals surface area (Å²) in [4.78, 5) is 0. The number of hydrogen-bond acceptors (Lipinski definition) is 3. The van der Waals surface area contributed by atoms with Gasteiger partial charge in [-0.3, -0.25) is 0 Å². The van der Waals surface area contributed by atoms with Crippen molar-refractivity contribution in [3.05, 3.63) is 71.8 Å². The topological polar surface area (TPSA) is 43.4 Å². The molecule has 0 saturated heterocycles. The van der Waals surface area contributed by atoms with Crippen molar-refractivity contribution >= 4 is 26.0 Å². The van der Waals surface area contributed by atoms with E-state index in [1.807, 2.05) is 0 Å². The Labute approximate surface area is 142 Å². The molecule has 8 heteroatoms. The Morgan fingerprint density at radius 1 is 1.04 bits per heavy atom. The van der Waals surface area contributed by atoms with E-state index in [2.05, 4.69) is 4.18 Å². The third kappa shape index (κ3) is 5.53. The first-order chi connectivity index (χ1) is 11.3. The molecule has 0 aromatic heterocycles. The Hall–Kier alpha value is -1.53. The molecule has 0 saturated carbocycles. The Balaban J connectivity index is 2.31. The second-order valence-corrected chi connectivity index (χ2v) is 12.8. The van der Waals surface area contributed by atoms with Crippen LogP contribution in [0.4, 0.5) is 8.39 Å². The third-order valence-electron chi connectivity index (χ3n) is 3.15. The van der Waals surface area contributed by atoms with Crippen molar-refractivity contribution < 1.29 is 21.0 Å². The van der Waals surface area contributed by atoms with Gasteiger partial charge in [-0.1, -0.05) is 0 Å². The first-order valence-corrected chi connectivity index (χ1v) is 12.6. The molecule has 2 aromatic rings. The number of terminal acetylenes is 1. The Bertz CT molecular complexity index is 767. The van der Waals surface area contributed by atoms with Crippen LogP contribution in [0.3, 0.4) is 0 Å². The summed E-state index contributed by atoms with van der Waals surface area (Å²) in [6.07, 6.45) is 6.19. The molecule has 2 aromatic carbocycles. The summed E-state index contributed by atoms with van der Waals surface area (Å²) in [7, 11) is -10.3. The number of halogens is 2. The van der Waals surface area contributed by atoms with Crippen LogP contribution in [0.25, 0.3) is 0 Å². The van der Waals surface area contributed by atoms with Crippen molar-refractivity contribution in [2.45, 2.75) is 5.66 Å². The monoisotopic (exact) mass is 388 g/mol. The van der Waals surface area contributed by atoms with Gasteiger partial charge in [-0.25, -0.2) is 0 Å². The molecular formula is C16H16F2O3P2S. The van der Waals surface area contributed by atoms with Gasteiger partial charge in [0.05, 0.1) is 0 Å². The van der Waals surface area contributed by atoms with E-state index in [-0.39, 0.29) is 0 Å². The predicted octanol–water partition coefficient (Wildman–Crippen LogP) is 4.78. The summed E-state index contributed by atoms with van der Waals surface area (Å²) in [5, 5.41) is 0. The standard InChI is InChI=1S/C16H16F2O3P2S/c1-2-21-24(19,20)13-23(17,18)22-16(14-9-5-3-6-10-14)15-11-7-4-8-12-15/h1,3-12,16,22-23H,13H2. The second-order valence-electron chi connectivity index (χ2n) is 5.01. The van der Waals surface area contributed by atoms with Gasteiger partial charge >= 0.3 is 142 Å². The molecule has 128 valence electrons. The van der Waals surface area contributed by atoms with Gasteiger partial charge in [0.2, 0.25) is 0 Å². The van der Waals surface area contributed by atoms with Crippen LogP contribution in [0.1, 0.15) is 16.8 Å². The van der Waals surface area contributed by atoms with Crippen LogP contribution in [0, 0.1) is 12.5 Å². The zero-order valence-electron chi connectivity index (χ0n) is 12.5. The molecule has 1 atom stereocenters. The van der Waals surface area contributed by atoms with Crippen LogP contribution in [-0.4, -0.2) is 13.9 Å². The molecule has 1 unspecified atom stereocenters. The van der Waals surface area contributed by atoms with Crippen LogP contribution < -0.4 is 0 Å². The normalized spacial score (nSPS) is 13.1. The molecule has 0 amide bonds. The van der Waals surface area contributed by atoms with E-state index in [1.165, 1.54) is 6.11 Å². The van der Waals surface area contributed by atoms with Gasteiger partial charge in [-0.2, -0.15) is 0 Å². The molecule has 0 aliphatic carbocycles. The van der Waals surface area contributed by atoms with Gasteiger partial charge in [0.1, 0.15) is 0 Å². The molecule has 24 heavy (non-hydrogen) atoms. The first-order valence-electron chi connectivity index (χ1n) is 6.95. The predicted molar refractivity (Wildman–Crippen MR) is 97.3 cm³/mol. The summed E-state index contributed by atoms with van der Waals surface area (Å²) in [5.41, 5.74) is -0.414. The Morgan fingerprint density at radius 3 is 1.92 bits per heavy atom. The van der Waals surface area contributed by atoms with Crippen molar-refractivity contribution in [2.75, 3.05) is 5.49 Å². The van der Waals surface area contributed by atoms with Crippen molar-refractivity contribution in [3.8, 4) is 12.5 Å². The van der Waals surface area contributed by atoms with Crippen molar-refractivity contribution in [1.82, 2.24) is 0 Å². The third-order valence-corrected chi connectivity index (χ3v) is 11.2. The minimum atomic E-state index is -5.09. The number of hydrogen-bond donors (Lipinski definition) is 0. The summed E-state index contributed by atoms with van der Waals surface area (Å²) in [6.45, 7) is 0. The Morgan fingerprint density at radius 2 is 1.50 bits per heavy atom.